The lowest BCUT2D eigenvalue weighted by molar-refractivity contribution is -0.889. The van der Waals surface area contributed by atoms with E-state index in [2.05, 4.69) is 98.9 Å². The number of esters is 2. The lowest BCUT2D eigenvalue weighted by Gasteiger charge is -2.34. The van der Waals surface area contributed by atoms with Gasteiger partial charge in [0.15, 0.2) is 6.10 Å². The van der Waals surface area contributed by atoms with E-state index in [0.29, 0.717) is 12.8 Å². The van der Waals surface area contributed by atoms with Gasteiger partial charge in [0.2, 0.25) is 0 Å². The van der Waals surface area contributed by atoms with Crippen molar-refractivity contribution < 1.29 is 38.2 Å². The average Bonchev–Trinajstić information content (AvgIpc) is 3.22. The van der Waals surface area contributed by atoms with Crippen LogP contribution in [-0.4, -0.2) is 75.5 Å². The topological polar surface area (TPSA) is 102 Å². The molecule has 0 aromatic rings. The number of hydrogen-bond acceptors (Lipinski definition) is 7. The number of carbonyl (C=O) groups is 3. The molecule has 0 saturated heterocycles. The molecule has 0 bridgehead atoms. The molecule has 2 atom stereocenters. The molecule has 348 valence electrons. The number of allylic oxidation sites excluding steroid dienone is 14. The summed E-state index contributed by atoms with van der Waals surface area (Å²) in [5.41, 5.74) is 0. The third kappa shape index (κ3) is 41.6. The Morgan fingerprint density at radius 1 is 0.492 bits per heavy atom. The van der Waals surface area contributed by atoms with Crippen LogP contribution in [0.4, 0.5) is 0 Å². The van der Waals surface area contributed by atoms with Crippen LogP contribution in [0.15, 0.2) is 85.1 Å². The highest BCUT2D eigenvalue weighted by molar-refractivity contribution is 5.70. The lowest BCUT2D eigenvalue weighted by atomic mass is 10.1. The molecule has 0 aromatic carbocycles. The van der Waals surface area contributed by atoms with Gasteiger partial charge in [0.1, 0.15) is 12.6 Å². The Balaban J connectivity index is 4.29. The minimum atomic E-state index is -1.13. The Kier molecular flexibility index (Phi) is 40.7. The lowest BCUT2D eigenvalue weighted by Crippen LogP contribution is -2.55. The van der Waals surface area contributed by atoms with E-state index in [0.717, 1.165) is 103 Å². The van der Waals surface area contributed by atoms with Gasteiger partial charge < -0.3 is 28.6 Å². The quantitative estimate of drug-likeness (QED) is 0.0261. The fraction of sp³-hybridized carbons (Fsp3) is 0.679. The van der Waals surface area contributed by atoms with Crippen molar-refractivity contribution in [1.29, 1.82) is 0 Å². The van der Waals surface area contributed by atoms with Crippen LogP contribution in [0.5, 0.6) is 0 Å². The van der Waals surface area contributed by atoms with Crippen LogP contribution >= 0.6 is 0 Å². The van der Waals surface area contributed by atoms with Crippen molar-refractivity contribution in [3.8, 4) is 0 Å². The van der Waals surface area contributed by atoms with Crippen molar-refractivity contribution in [3.05, 3.63) is 85.1 Å². The molecular formula is C53H89NO7. The van der Waals surface area contributed by atoms with E-state index in [4.69, 9.17) is 14.2 Å². The number of hydrogen-bond donors (Lipinski definition) is 0. The van der Waals surface area contributed by atoms with Gasteiger partial charge in [-0.25, -0.2) is 0 Å². The van der Waals surface area contributed by atoms with Gasteiger partial charge in [-0.15, -0.1) is 0 Å². The normalized spacial score (nSPS) is 13.7. The number of ether oxygens (including phenoxy) is 3. The SMILES string of the molecule is CC/C=C/C/C=C/C/C=C/C/C=C/C/C=C/CCCCCCCCCC(=O)OCC(COCCC(C(=O)[O-])[N+](C)(C)C)OC(=O)CCCCCCCCC/C=C/C/C=C/CC. The number of carboxylic acids is 1. The van der Waals surface area contributed by atoms with Crippen LogP contribution in [-0.2, 0) is 28.6 Å². The van der Waals surface area contributed by atoms with E-state index in [1.807, 2.05) is 0 Å². The van der Waals surface area contributed by atoms with Gasteiger partial charge in [-0.2, -0.15) is 0 Å². The summed E-state index contributed by atoms with van der Waals surface area (Å²) in [5, 5.41) is 11.6. The molecule has 0 aromatic heterocycles. The maximum atomic E-state index is 12.7. The summed E-state index contributed by atoms with van der Waals surface area (Å²) in [6.45, 7) is 4.41. The van der Waals surface area contributed by atoms with Crippen molar-refractivity contribution in [3.63, 3.8) is 0 Å². The highest BCUT2D eigenvalue weighted by atomic mass is 16.6. The first-order valence-electron chi connectivity index (χ1n) is 24.1. The van der Waals surface area contributed by atoms with Gasteiger partial charge in [-0.1, -0.05) is 163 Å². The Morgan fingerprint density at radius 2 is 0.869 bits per heavy atom. The summed E-state index contributed by atoms with van der Waals surface area (Å²) in [5.74, 6) is -1.77. The molecule has 0 fully saturated rings. The second-order valence-corrected chi connectivity index (χ2v) is 16.9. The summed E-state index contributed by atoms with van der Waals surface area (Å²) < 4.78 is 17.2. The maximum Gasteiger partial charge on any atom is 0.306 e. The summed E-state index contributed by atoms with van der Waals surface area (Å²) in [6, 6.07) is -0.733. The predicted octanol–water partition coefficient (Wildman–Crippen LogP) is 12.4. The molecule has 0 amide bonds. The van der Waals surface area contributed by atoms with Crippen molar-refractivity contribution in [2.24, 2.45) is 0 Å². The van der Waals surface area contributed by atoms with E-state index in [-0.39, 0.29) is 42.7 Å². The molecule has 0 radical (unpaired) electrons. The largest absolute Gasteiger partial charge is 0.544 e. The summed E-state index contributed by atoms with van der Waals surface area (Å²) in [6.07, 6.45) is 56.1. The fourth-order valence-electron chi connectivity index (χ4n) is 6.61. The van der Waals surface area contributed by atoms with Gasteiger partial charge in [0.05, 0.1) is 40.3 Å². The van der Waals surface area contributed by atoms with Crippen molar-refractivity contribution >= 4 is 17.9 Å². The number of aliphatic carboxylic acids is 1. The molecule has 2 unspecified atom stereocenters. The van der Waals surface area contributed by atoms with Gasteiger partial charge in [-0.3, -0.25) is 9.59 Å². The van der Waals surface area contributed by atoms with E-state index in [9.17, 15) is 19.5 Å². The molecular weight excluding hydrogens is 763 g/mol. The van der Waals surface area contributed by atoms with Gasteiger partial charge in [0.25, 0.3) is 0 Å². The Labute approximate surface area is 373 Å². The van der Waals surface area contributed by atoms with Crippen LogP contribution in [0.1, 0.15) is 181 Å². The van der Waals surface area contributed by atoms with Crippen LogP contribution in [0.3, 0.4) is 0 Å². The summed E-state index contributed by atoms with van der Waals surface area (Å²) in [7, 11) is 5.40. The zero-order valence-electron chi connectivity index (χ0n) is 39.5. The molecule has 8 heteroatoms. The Hall–Kier alpha value is -3.49. The van der Waals surface area contributed by atoms with Gasteiger partial charge >= 0.3 is 11.9 Å². The average molecular weight is 852 g/mol. The van der Waals surface area contributed by atoms with E-state index < -0.39 is 18.1 Å². The molecule has 0 aliphatic rings. The van der Waals surface area contributed by atoms with Gasteiger partial charge in [0, 0.05) is 19.3 Å². The van der Waals surface area contributed by atoms with E-state index in [1.165, 1.54) is 44.9 Å². The second-order valence-electron chi connectivity index (χ2n) is 16.9. The second kappa shape index (κ2) is 43.2. The first kappa shape index (κ1) is 57.5. The van der Waals surface area contributed by atoms with E-state index >= 15 is 0 Å². The highest BCUT2D eigenvalue weighted by Gasteiger charge is 2.25. The zero-order valence-corrected chi connectivity index (χ0v) is 39.5. The van der Waals surface area contributed by atoms with Crippen LogP contribution in [0.25, 0.3) is 0 Å². The van der Waals surface area contributed by atoms with Crippen LogP contribution in [0.2, 0.25) is 0 Å². The van der Waals surface area contributed by atoms with Crippen LogP contribution in [0, 0.1) is 0 Å². The minimum absolute atomic E-state index is 0.0294. The van der Waals surface area contributed by atoms with Crippen molar-refractivity contribution in [1.82, 2.24) is 0 Å². The number of carboxylic acid groups (broad SMARTS) is 1. The number of carbonyl (C=O) groups excluding carboxylic acids is 3. The molecule has 8 nitrogen and oxygen atoms in total. The molecule has 0 N–H and O–H groups in total. The monoisotopic (exact) mass is 852 g/mol. The molecule has 0 rings (SSSR count). The summed E-state index contributed by atoms with van der Waals surface area (Å²) >= 11 is 0. The third-order valence-electron chi connectivity index (χ3n) is 10.3. The number of rotatable bonds is 42. The molecule has 61 heavy (non-hydrogen) atoms. The summed E-state index contributed by atoms with van der Waals surface area (Å²) in [4.78, 5) is 37.0. The minimum Gasteiger partial charge on any atom is -0.544 e. The third-order valence-corrected chi connectivity index (χ3v) is 10.3. The molecule has 0 aliphatic carbocycles. The standard InChI is InChI=1S/C53H89NO7/c1-6-8-10-12-14-16-18-20-22-23-24-25-26-27-28-29-30-32-33-35-37-39-41-43-51(55)60-48-49(47-59-46-45-50(53(57)58)54(3,4)5)61-52(56)44-42-40-38-36-34-31-21-19-17-15-13-11-9-7-2/h8-11,14-17,20,22,24-25,27-28,49-50H,6-7,12-13,18-19,21,23,26,29-48H2,1-5H3/b10-8+,11-9+,16-14+,17-15+,22-20+,25-24+,28-27+. The number of nitrogens with zero attached hydrogens (tertiary/aromatic N) is 1. The Bertz CT molecular complexity index is 1270. The maximum absolute atomic E-state index is 12.7. The van der Waals surface area contributed by atoms with Crippen molar-refractivity contribution in [2.45, 2.75) is 193 Å². The molecule has 0 aliphatic heterocycles. The predicted molar refractivity (Wildman–Crippen MR) is 254 cm³/mol. The number of likely N-dealkylation sites (N-methyl/N-ethyl adjacent to an activating group) is 1. The fourth-order valence-corrected chi connectivity index (χ4v) is 6.61. The molecule has 0 spiro atoms. The smallest absolute Gasteiger partial charge is 0.306 e. The first-order chi connectivity index (χ1) is 29.6. The van der Waals surface area contributed by atoms with Crippen molar-refractivity contribution in [2.75, 3.05) is 41.0 Å². The van der Waals surface area contributed by atoms with Crippen LogP contribution < -0.4 is 5.11 Å². The van der Waals surface area contributed by atoms with Gasteiger partial charge in [-0.05, 0) is 83.5 Å². The number of unbranched alkanes of at least 4 members (excludes halogenated alkanes) is 14. The van der Waals surface area contributed by atoms with E-state index in [1.54, 1.807) is 21.1 Å². The molecule has 0 heterocycles. The Morgan fingerprint density at radius 3 is 1.28 bits per heavy atom. The zero-order chi connectivity index (χ0) is 44.9. The highest BCUT2D eigenvalue weighted by Crippen LogP contribution is 2.14. The number of quaternary nitrogens is 1. The first-order valence-corrected chi connectivity index (χ1v) is 24.1. The molecule has 0 saturated carbocycles.